The first-order chi connectivity index (χ1) is 9.96. The summed E-state index contributed by atoms with van der Waals surface area (Å²) in [5, 5.41) is 4.11. The lowest BCUT2D eigenvalue weighted by Gasteiger charge is -2.23. The van der Waals surface area contributed by atoms with Gasteiger partial charge in [-0.1, -0.05) is 25.9 Å². The van der Waals surface area contributed by atoms with Gasteiger partial charge in [-0.15, -0.1) is 0 Å². The highest BCUT2D eigenvalue weighted by Gasteiger charge is 2.30. The minimum Gasteiger partial charge on any atom is -0.367 e. The molecule has 2 unspecified atom stereocenters. The van der Waals surface area contributed by atoms with Gasteiger partial charge in [0, 0.05) is 13.0 Å². The number of hydrogen-bond acceptors (Lipinski definition) is 5. The zero-order chi connectivity index (χ0) is 15.9. The molecule has 122 valence electrons. The van der Waals surface area contributed by atoms with Crippen LogP contribution in [0, 0.1) is 11.8 Å². The van der Waals surface area contributed by atoms with Crippen LogP contribution in [0.25, 0.3) is 0 Å². The van der Waals surface area contributed by atoms with Crippen molar-refractivity contribution in [3.8, 4) is 0 Å². The first kappa shape index (κ1) is 18.1. The van der Waals surface area contributed by atoms with Gasteiger partial charge >= 0.3 is 0 Å². The predicted octanol–water partition coefficient (Wildman–Crippen LogP) is 3.28. The molecule has 0 bridgehead atoms. The van der Waals surface area contributed by atoms with Crippen LogP contribution in [0.15, 0.2) is 4.52 Å². The Bertz CT molecular complexity index is 406. The van der Waals surface area contributed by atoms with E-state index in [1.54, 1.807) is 0 Å². The third kappa shape index (κ3) is 5.08. The van der Waals surface area contributed by atoms with Crippen molar-refractivity contribution in [3.05, 3.63) is 11.7 Å². The molecule has 0 radical (unpaired) electrons. The molecule has 5 heteroatoms. The molecule has 0 aromatic carbocycles. The van der Waals surface area contributed by atoms with E-state index >= 15 is 0 Å². The Balaban J connectivity index is 2.66. The Kier molecular flexibility index (Phi) is 7.32. The van der Waals surface area contributed by atoms with Crippen molar-refractivity contribution in [3.63, 3.8) is 0 Å². The molecular formula is C16H31N3O2. The first-order valence-electron chi connectivity index (χ1n) is 8.13. The van der Waals surface area contributed by atoms with Gasteiger partial charge in [0.25, 0.3) is 0 Å². The van der Waals surface area contributed by atoms with Crippen molar-refractivity contribution in [1.29, 1.82) is 0 Å². The molecule has 21 heavy (non-hydrogen) atoms. The van der Waals surface area contributed by atoms with Gasteiger partial charge in [0.15, 0.2) is 0 Å². The smallest absolute Gasteiger partial charge is 0.226 e. The molecule has 2 atom stereocenters. The molecule has 0 aliphatic carbocycles. The zero-order valence-electron chi connectivity index (χ0n) is 14.2. The number of ether oxygens (including phenoxy) is 1. The average Bonchev–Trinajstić information content (AvgIpc) is 2.92. The molecular weight excluding hydrogens is 266 g/mol. The molecule has 0 aliphatic rings. The topological polar surface area (TPSA) is 74.2 Å². The summed E-state index contributed by atoms with van der Waals surface area (Å²) in [6, 6.07) is 0. The number of nitrogens with zero attached hydrogens (tertiary/aromatic N) is 2. The Morgan fingerprint density at radius 2 is 2.00 bits per heavy atom. The molecule has 0 aliphatic heterocycles. The number of aryl methyl sites for hydroxylation is 1. The lowest BCUT2D eigenvalue weighted by molar-refractivity contribution is -0.0403. The van der Waals surface area contributed by atoms with Crippen molar-refractivity contribution in [2.45, 2.75) is 65.9 Å². The van der Waals surface area contributed by atoms with Gasteiger partial charge in [-0.3, -0.25) is 0 Å². The molecule has 0 spiro atoms. The van der Waals surface area contributed by atoms with Crippen molar-refractivity contribution in [2.75, 3.05) is 13.2 Å². The van der Waals surface area contributed by atoms with Crippen molar-refractivity contribution in [2.24, 2.45) is 17.6 Å². The molecule has 0 saturated carbocycles. The summed E-state index contributed by atoms with van der Waals surface area (Å²) < 4.78 is 11.2. The highest BCUT2D eigenvalue weighted by atomic mass is 16.5. The van der Waals surface area contributed by atoms with Gasteiger partial charge in [0.05, 0.1) is 0 Å². The fraction of sp³-hybridized carbons (Fsp3) is 0.875. The SMILES string of the molecule is CCOC(C)(CC)c1noc(CCC(CCN)C(C)C)n1. The normalized spacial score (nSPS) is 16.1. The molecule has 1 aromatic rings. The summed E-state index contributed by atoms with van der Waals surface area (Å²) in [5.74, 6) is 2.59. The van der Waals surface area contributed by atoms with Crippen molar-refractivity contribution in [1.82, 2.24) is 10.1 Å². The maximum Gasteiger partial charge on any atom is 0.226 e. The quantitative estimate of drug-likeness (QED) is 0.717. The Labute approximate surface area is 128 Å². The van der Waals surface area contributed by atoms with Crippen LogP contribution in [0.4, 0.5) is 0 Å². The van der Waals surface area contributed by atoms with E-state index < -0.39 is 5.60 Å². The van der Waals surface area contributed by atoms with Crippen molar-refractivity contribution < 1.29 is 9.26 Å². The molecule has 1 rings (SSSR count). The van der Waals surface area contributed by atoms with Gasteiger partial charge < -0.3 is 15.0 Å². The Hall–Kier alpha value is -0.940. The van der Waals surface area contributed by atoms with E-state index in [-0.39, 0.29) is 0 Å². The maximum absolute atomic E-state index is 5.78. The molecule has 0 saturated heterocycles. The van der Waals surface area contributed by atoms with Gasteiger partial charge in [-0.25, -0.2) is 0 Å². The minimum atomic E-state index is -0.453. The van der Waals surface area contributed by atoms with Crippen LogP contribution < -0.4 is 5.73 Å². The highest BCUT2D eigenvalue weighted by molar-refractivity contribution is 4.99. The summed E-state index contributed by atoms with van der Waals surface area (Å²) in [6.45, 7) is 11.9. The molecule has 5 nitrogen and oxygen atoms in total. The molecule has 1 aromatic heterocycles. The number of hydrogen-bond donors (Lipinski definition) is 1. The second-order valence-electron chi connectivity index (χ2n) is 6.15. The van der Waals surface area contributed by atoms with Crippen LogP contribution in [0.1, 0.15) is 65.6 Å². The van der Waals surface area contributed by atoms with E-state index in [9.17, 15) is 0 Å². The third-order valence-corrected chi connectivity index (χ3v) is 4.29. The second-order valence-corrected chi connectivity index (χ2v) is 6.15. The van der Waals surface area contributed by atoms with Crippen LogP contribution in [-0.2, 0) is 16.8 Å². The van der Waals surface area contributed by atoms with E-state index in [0.717, 1.165) is 32.2 Å². The van der Waals surface area contributed by atoms with E-state index in [1.807, 2.05) is 13.8 Å². The van der Waals surface area contributed by atoms with Crippen molar-refractivity contribution >= 4 is 0 Å². The van der Waals surface area contributed by atoms with E-state index in [4.69, 9.17) is 15.0 Å². The first-order valence-corrected chi connectivity index (χ1v) is 8.13. The van der Waals surface area contributed by atoms with E-state index in [1.165, 1.54) is 0 Å². The predicted molar refractivity (Wildman–Crippen MR) is 83.9 cm³/mol. The molecule has 1 heterocycles. The van der Waals surface area contributed by atoms with Gasteiger partial charge in [-0.05, 0) is 51.5 Å². The summed E-state index contributed by atoms with van der Waals surface area (Å²) in [7, 11) is 0. The zero-order valence-corrected chi connectivity index (χ0v) is 14.2. The lowest BCUT2D eigenvalue weighted by Crippen LogP contribution is -2.26. The third-order valence-electron chi connectivity index (χ3n) is 4.29. The molecule has 2 N–H and O–H groups in total. The summed E-state index contributed by atoms with van der Waals surface area (Å²) >= 11 is 0. The maximum atomic E-state index is 5.78. The number of rotatable bonds is 10. The highest BCUT2D eigenvalue weighted by Crippen LogP contribution is 2.27. The summed E-state index contributed by atoms with van der Waals surface area (Å²) in [4.78, 5) is 4.53. The monoisotopic (exact) mass is 297 g/mol. The fourth-order valence-electron chi connectivity index (χ4n) is 2.55. The Morgan fingerprint density at radius 1 is 1.29 bits per heavy atom. The van der Waals surface area contributed by atoms with Crippen LogP contribution in [0.3, 0.4) is 0 Å². The van der Waals surface area contributed by atoms with Gasteiger partial charge in [-0.2, -0.15) is 4.98 Å². The lowest BCUT2D eigenvalue weighted by atomic mass is 9.88. The summed E-state index contributed by atoms with van der Waals surface area (Å²) in [5.41, 5.74) is 5.23. The van der Waals surface area contributed by atoms with Crippen LogP contribution in [0.2, 0.25) is 0 Å². The fourth-order valence-corrected chi connectivity index (χ4v) is 2.55. The van der Waals surface area contributed by atoms with Crippen LogP contribution >= 0.6 is 0 Å². The number of nitrogens with two attached hydrogens (primary N) is 1. The van der Waals surface area contributed by atoms with Gasteiger partial charge in [0.2, 0.25) is 11.7 Å². The minimum absolute atomic E-state index is 0.453. The number of aromatic nitrogens is 2. The van der Waals surface area contributed by atoms with Gasteiger partial charge in [0.1, 0.15) is 5.60 Å². The molecule has 0 amide bonds. The average molecular weight is 297 g/mol. The van der Waals surface area contributed by atoms with Crippen LogP contribution in [0.5, 0.6) is 0 Å². The molecule has 0 fully saturated rings. The standard InChI is InChI=1S/C16H31N3O2/c1-6-16(5,20-7-2)15-18-14(21-19-15)9-8-13(10-11-17)12(3)4/h12-13H,6-11,17H2,1-5H3. The largest absolute Gasteiger partial charge is 0.367 e. The second kappa shape index (κ2) is 8.49. The Morgan fingerprint density at radius 3 is 2.52 bits per heavy atom. The van der Waals surface area contributed by atoms with Crippen LogP contribution in [-0.4, -0.2) is 23.3 Å². The van der Waals surface area contributed by atoms with E-state index in [0.29, 0.717) is 30.2 Å². The van der Waals surface area contributed by atoms with E-state index in [2.05, 4.69) is 30.9 Å². The summed E-state index contributed by atoms with van der Waals surface area (Å²) in [6.07, 6.45) is 3.71.